The zero-order valence-corrected chi connectivity index (χ0v) is 18.4. The second-order valence-corrected chi connectivity index (χ2v) is 7.04. The van der Waals surface area contributed by atoms with E-state index in [1.54, 1.807) is 48.5 Å². The average Bonchev–Trinajstić information content (AvgIpc) is 3.21. The van der Waals surface area contributed by atoms with Crippen molar-refractivity contribution in [2.45, 2.75) is 20.1 Å². The summed E-state index contributed by atoms with van der Waals surface area (Å²) in [7, 11) is 0. The highest BCUT2D eigenvalue weighted by Gasteiger charge is 2.37. The Morgan fingerprint density at radius 1 is 0.697 bits per heavy atom. The average molecular weight is 452 g/mol. The zero-order chi connectivity index (χ0) is 24.0. The van der Waals surface area contributed by atoms with Crippen molar-refractivity contribution in [2.24, 2.45) is 0 Å². The van der Waals surface area contributed by atoms with Gasteiger partial charge in [0.1, 0.15) is 6.29 Å². The lowest BCUT2D eigenvalue weighted by molar-refractivity contribution is -0.140. The van der Waals surface area contributed by atoms with Crippen molar-refractivity contribution in [1.29, 1.82) is 0 Å². The van der Waals surface area contributed by atoms with Crippen LogP contribution in [-0.2, 0) is 14.3 Å². The molecular formula is C24H24N2O7. The molecule has 0 unspecified atom stereocenters. The van der Waals surface area contributed by atoms with Gasteiger partial charge in [0.15, 0.2) is 6.29 Å². The van der Waals surface area contributed by atoms with Gasteiger partial charge in [-0.15, -0.1) is 0 Å². The SMILES string of the molecule is CCOC(CN1C(=O)c2ccccc2C1=O)OCC.O=CCN1C(=O)c2ccccc2C1=O. The first-order valence-electron chi connectivity index (χ1n) is 10.5. The summed E-state index contributed by atoms with van der Waals surface area (Å²) in [6.45, 7) is 4.56. The molecule has 0 fully saturated rings. The Morgan fingerprint density at radius 3 is 1.39 bits per heavy atom. The molecule has 0 saturated carbocycles. The number of carbonyl (C=O) groups excluding carboxylic acids is 5. The van der Waals surface area contributed by atoms with E-state index >= 15 is 0 Å². The Balaban J connectivity index is 0.000000194. The Morgan fingerprint density at radius 2 is 1.06 bits per heavy atom. The Hall–Kier alpha value is -3.69. The molecule has 0 radical (unpaired) electrons. The van der Waals surface area contributed by atoms with E-state index in [1.165, 1.54) is 4.90 Å². The summed E-state index contributed by atoms with van der Waals surface area (Å²) in [5.41, 5.74) is 1.64. The number of ether oxygens (including phenoxy) is 2. The molecule has 0 spiro atoms. The number of nitrogens with zero attached hydrogens (tertiary/aromatic N) is 2. The first kappa shape index (κ1) is 24.0. The van der Waals surface area contributed by atoms with Crippen LogP contribution in [0.5, 0.6) is 0 Å². The first-order chi connectivity index (χ1) is 15.9. The third kappa shape index (κ3) is 4.89. The third-order valence-electron chi connectivity index (χ3n) is 5.05. The van der Waals surface area contributed by atoms with Crippen LogP contribution in [0.25, 0.3) is 0 Å². The van der Waals surface area contributed by atoms with E-state index in [-0.39, 0.29) is 24.9 Å². The molecule has 0 aromatic heterocycles. The second-order valence-electron chi connectivity index (χ2n) is 7.04. The monoisotopic (exact) mass is 452 g/mol. The fraction of sp³-hybridized carbons (Fsp3) is 0.292. The molecule has 0 N–H and O–H groups in total. The summed E-state index contributed by atoms with van der Waals surface area (Å²) in [5, 5.41) is 0. The molecular weight excluding hydrogens is 428 g/mol. The van der Waals surface area contributed by atoms with Gasteiger partial charge < -0.3 is 14.3 Å². The van der Waals surface area contributed by atoms with E-state index in [9.17, 15) is 24.0 Å². The van der Waals surface area contributed by atoms with Crippen LogP contribution >= 0.6 is 0 Å². The van der Waals surface area contributed by atoms with Crippen molar-refractivity contribution in [3.8, 4) is 0 Å². The van der Waals surface area contributed by atoms with Crippen LogP contribution in [0.4, 0.5) is 0 Å². The summed E-state index contributed by atoms with van der Waals surface area (Å²) in [5.74, 6) is -1.36. The molecule has 2 aliphatic rings. The Labute approximate surface area is 190 Å². The summed E-state index contributed by atoms with van der Waals surface area (Å²) in [6, 6.07) is 13.4. The van der Waals surface area contributed by atoms with Crippen LogP contribution in [0, 0.1) is 0 Å². The standard InChI is InChI=1S/C14H17NO4.C10H7NO3/c1-3-18-12(19-4-2)9-15-13(16)10-7-5-6-8-11(10)14(15)17;12-6-5-11-9(13)7-3-1-2-4-8(7)10(11)14/h5-8,12H,3-4,9H2,1-2H3;1-4,6H,5H2. The number of aldehydes is 1. The highest BCUT2D eigenvalue weighted by molar-refractivity contribution is 6.22. The van der Waals surface area contributed by atoms with Crippen molar-refractivity contribution >= 4 is 29.9 Å². The zero-order valence-electron chi connectivity index (χ0n) is 18.4. The van der Waals surface area contributed by atoms with Gasteiger partial charge in [-0.1, -0.05) is 24.3 Å². The fourth-order valence-corrected chi connectivity index (χ4v) is 3.56. The maximum absolute atomic E-state index is 12.1. The van der Waals surface area contributed by atoms with Gasteiger partial charge >= 0.3 is 0 Å². The lowest BCUT2D eigenvalue weighted by Gasteiger charge is -2.22. The van der Waals surface area contributed by atoms with Crippen LogP contribution in [-0.4, -0.2) is 72.3 Å². The van der Waals surface area contributed by atoms with Crippen LogP contribution in [0.1, 0.15) is 55.3 Å². The maximum Gasteiger partial charge on any atom is 0.261 e. The lowest BCUT2D eigenvalue weighted by Crippen LogP contribution is -2.39. The molecule has 2 aromatic rings. The molecule has 0 atom stereocenters. The minimum absolute atomic E-state index is 0.119. The quantitative estimate of drug-likeness (QED) is 0.343. The van der Waals surface area contributed by atoms with Crippen molar-refractivity contribution in [1.82, 2.24) is 9.80 Å². The summed E-state index contributed by atoms with van der Waals surface area (Å²) >= 11 is 0. The number of imide groups is 2. The van der Waals surface area contributed by atoms with Crippen LogP contribution < -0.4 is 0 Å². The molecule has 9 heteroatoms. The fourth-order valence-electron chi connectivity index (χ4n) is 3.56. The van der Waals surface area contributed by atoms with Gasteiger partial charge in [-0.25, -0.2) is 0 Å². The van der Waals surface area contributed by atoms with Gasteiger partial charge in [0.25, 0.3) is 23.6 Å². The number of hydrogen-bond donors (Lipinski definition) is 0. The topological polar surface area (TPSA) is 110 Å². The molecule has 0 aliphatic carbocycles. The molecule has 0 saturated heterocycles. The number of amides is 4. The first-order valence-corrected chi connectivity index (χ1v) is 10.5. The van der Waals surface area contributed by atoms with Gasteiger partial charge in [0, 0.05) is 13.2 Å². The normalized spacial score (nSPS) is 14.4. The number of carbonyl (C=O) groups is 5. The number of hydrogen-bond acceptors (Lipinski definition) is 7. The van der Waals surface area contributed by atoms with Crippen molar-refractivity contribution in [3.05, 3.63) is 70.8 Å². The summed E-state index contributed by atoms with van der Waals surface area (Å²) < 4.78 is 10.7. The Bertz CT molecular complexity index is 1010. The summed E-state index contributed by atoms with van der Waals surface area (Å²) in [6.07, 6.45) is -0.0287. The van der Waals surface area contributed by atoms with E-state index in [2.05, 4.69) is 0 Å². The molecule has 4 amide bonds. The van der Waals surface area contributed by atoms with Crippen molar-refractivity contribution < 1.29 is 33.4 Å². The number of fused-ring (bicyclic) bond motifs is 2. The molecule has 2 aromatic carbocycles. The largest absolute Gasteiger partial charge is 0.351 e. The highest BCUT2D eigenvalue weighted by Crippen LogP contribution is 2.23. The minimum Gasteiger partial charge on any atom is -0.351 e. The van der Waals surface area contributed by atoms with Gasteiger partial charge in [-0.05, 0) is 38.1 Å². The van der Waals surface area contributed by atoms with Gasteiger partial charge in [-0.3, -0.25) is 29.0 Å². The predicted octanol–water partition coefficient (Wildman–Crippen LogP) is 2.16. The Kier molecular flexibility index (Phi) is 7.81. The van der Waals surface area contributed by atoms with E-state index in [4.69, 9.17) is 9.47 Å². The number of rotatable bonds is 8. The van der Waals surface area contributed by atoms with Crippen LogP contribution in [0.15, 0.2) is 48.5 Å². The third-order valence-corrected chi connectivity index (χ3v) is 5.05. The van der Waals surface area contributed by atoms with E-state index in [1.807, 2.05) is 13.8 Å². The van der Waals surface area contributed by atoms with Gasteiger partial charge in [-0.2, -0.15) is 0 Å². The molecule has 4 rings (SSSR count). The molecule has 2 heterocycles. The van der Waals surface area contributed by atoms with E-state index in [0.717, 1.165) is 4.90 Å². The number of benzene rings is 2. The molecule has 0 bridgehead atoms. The summed E-state index contributed by atoms with van der Waals surface area (Å²) in [4.78, 5) is 59.8. The second kappa shape index (κ2) is 10.8. The van der Waals surface area contributed by atoms with E-state index < -0.39 is 18.1 Å². The van der Waals surface area contributed by atoms with Gasteiger partial charge in [0.2, 0.25) is 0 Å². The predicted molar refractivity (Wildman–Crippen MR) is 117 cm³/mol. The van der Waals surface area contributed by atoms with E-state index in [0.29, 0.717) is 41.8 Å². The maximum atomic E-state index is 12.1. The van der Waals surface area contributed by atoms with Gasteiger partial charge in [0.05, 0.1) is 35.3 Å². The van der Waals surface area contributed by atoms with Crippen LogP contribution in [0.2, 0.25) is 0 Å². The smallest absolute Gasteiger partial charge is 0.261 e. The van der Waals surface area contributed by atoms with Crippen LogP contribution in [0.3, 0.4) is 0 Å². The minimum atomic E-state index is -0.572. The molecule has 33 heavy (non-hydrogen) atoms. The molecule has 9 nitrogen and oxygen atoms in total. The lowest BCUT2D eigenvalue weighted by atomic mass is 10.1. The molecule has 2 aliphatic heterocycles. The highest BCUT2D eigenvalue weighted by atomic mass is 16.7. The van der Waals surface area contributed by atoms with Crippen molar-refractivity contribution in [2.75, 3.05) is 26.3 Å². The van der Waals surface area contributed by atoms with Crippen molar-refractivity contribution in [3.63, 3.8) is 0 Å². The molecule has 172 valence electrons.